The highest BCUT2D eigenvalue weighted by atomic mass is 35.5. The highest BCUT2D eigenvalue weighted by Gasteiger charge is 2.23. The fraction of sp³-hybridized carbons (Fsp3) is 0.400. The van der Waals surface area contributed by atoms with E-state index < -0.39 is 29.6 Å². The van der Waals surface area contributed by atoms with Crippen LogP contribution in [0, 0.1) is 5.92 Å². The number of nitrogens with two attached hydrogens (primary N) is 1. The average molecular weight is 488 g/mol. The topological polar surface area (TPSA) is 113 Å². The molecule has 2 rings (SSSR count). The molecule has 11 heteroatoms. The zero-order chi connectivity index (χ0) is 23.3. The third-order valence-corrected chi connectivity index (χ3v) is 5.96. The minimum atomic E-state index is -0.822. The van der Waals surface area contributed by atoms with Crippen LogP contribution in [0.3, 0.4) is 0 Å². The van der Waals surface area contributed by atoms with Crippen LogP contribution < -0.4 is 17.0 Å². The fourth-order valence-corrected chi connectivity index (χ4v) is 3.82. The van der Waals surface area contributed by atoms with Gasteiger partial charge in [0.2, 0.25) is 5.78 Å². The van der Waals surface area contributed by atoms with Gasteiger partial charge in [0.15, 0.2) is 6.61 Å². The Morgan fingerprint density at radius 2 is 1.87 bits per heavy atom. The number of anilines is 1. The van der Waals surface area contributed by atoms with Crippen molar-refractivity contribution >= 4 is 52.5 Å². The lowest BCUT2D eigenvalue weighted by Crippen LogP contribution is -2.43. The lowest BCUT2D eigenvalue weighted by atomic mass is 10.1. The number of Topliss-reactive ketones (excluding diaryl/α,β-unsaturated/α-hetero) is 1. The summed E-state index contributed by atoms with van der Waals surface area (Å²) < 4.78 is 6.99. The van der Waals surface area contributed by atoms with Gasteiger partial charge in [-0.05, 0) is 23.6 Å². The first-order valence-corrected chi connectivity index (χ1v) is 11.2. The molecule has 0 spiro atoms. The lowest BCUT2D eigenvalue weighted by Gasteiger charge is -2.16. The van der Waals surface area contributed by atoms with Crippen LogP contribution in [-0.4, -0.2) is 33.2 Å². The van der Waals surface area contributed by atoms with Crippen LogP contribution in [-0.2, 0) is 28.9 Å². The van der Waals surface area contributed by atoms with Gasteiger partial charge in [-0.15, -0.1) is 11.8 Å². The Hall–Kier alpha value is -2.23. The van der Waals surface area contributed by atoms with E-state index in [2.05, 4.69) is 0 Å². The maximum atomic E-state index is 12.5. The minimum absolute atomic E-state index is 0.00609. The van der Waals surface area contributed by atoms with Crippen molar-refractivity contribution in [1.29, 1.82) is 0 Å². The van der Waals surface area contributed by atoms with E-state index in [1.165, 1.54) is 23.4 Å². The van der Waals surface area contributed by atoms with Gasteiger partial charge in [-0.3, -0.25) is 23.5 Å². The third kappa shape index (κ3) is 6.38. The number of nitrogens with zero attached hydrogens (tertiary/aromatic N) is 2. The number of carbonyl (C=O) groups is 2. The Morgan fingerprint density at radius 1 is 1.19 bits per heavy atom. The molecule has 0 atom stereocenters. The number of halogens is 2. The summed E-state index contributed by atoms with van der Waals surface area (Å²) in [5.41, 5.74) is 5.03. The second kappa shape index (κ2) is 10.9. The normalized spacial score (nSPS) is 11.0. The van der Waals surface area contributed by atoms with E-state index in [0.29, 0.717) is 15.8 Å². The molecule has 0 aliphatic heterocycles. The van der Waals surface area contributed by atoms with Gasteiger partial charge in [0.25, 0.3) is 5.56 Å². The molecular formula is C20H23Cl2N3O5S. The summed E-state index contributed by atoms with van der Waals surface area (Å²) in [7, 11) is 1.27. The molecule has 0 fully saturated rings. The van der Waals surface area contributed by atoms with Gasteiger partial charge >= 0.3 is 11.7 Å². The number of ketones is 1. The molecule has 2 aromatic rings. The zero-order valence-electron chi connectivity index (χ0n) is 17.3. The first-order chi connectivity index (χ1) is 14.5. The number of hydrogen-bond acceptors (Lipinski definition) is 7. The number of ether oxygens (including phenoxy) is 1. The van der Waals surface area contributed by atoms with Crippen molar-refractivity contribution in [3.8, 4) is 0 Å². The SMILES string of the molecule is CC(C)Cn1c(N)c(C(=O)COC(=O)CSCc2ccc(Cl)c(Cl)c2)c(=O)n(C)c1=O. The van der Waals surface area contributed by atoms with Crippen LogP contribution in [0.15, 0.2) is 27.8 Å². The number of esters is 1. The first kappa shape index (κ1) is 25.0. The molecule has 0 aliphatic rings. The highest BCUT2D eigenvalue weighted by Crippen LogP contribution is 2.24. The molecule has 168 valence electrons. The largest absolute Gasteiger partial charge is 0.457 e. The van der Waals surface area contributed by atoms with Crippen molar-refractivity contribution in [3.63, 3.8) is 0 Å². The summed E-state index contributed by atoms with van der Waals surface area (Å²) in [6, 6.07) is 5.16. The predicted octanol–water partition coefficient (Wildman–Crippen LogP) is 2.75. The van der Waals surface area contributed by atoms with Crippen molar-refractivity contribution in [2.45, 2.75) is 26.1 Å². The molecule has 0 saturated carbocycles. The van der Waals surface area contributed by atoms with Crippen LogP contribution in [0.25, 0.3) is 0 Å². The third-order valence-electron chi connectivity index (χ3n) is 4.25. The molecule has 1 heterocycles. The molecule has 1 aromatic carbocycles. The Morgan fingerprint density at radius 3 is 2.48 bits per heavy atom. The Balaban J connectivity index is 2.01. The Bertz CT molecular complexity index is 1110. The summed E-state index contributed by atoms with van der Waals surface area (Å²) in [6.45, 7) is 3.33. The van der Waals surface area contributed by atoms with Gasteiger partial charge < -0.3 is 10.5 Å². The molecule has 0 unspecified atom stereocenters. The van der Waals surface area contributed by atoms with E-state index in [1.54, 1.807) is 18.2 Å². The second-order valence-electron chi connectivity index (χ2n) is 7.24. The first-order valence-electron chi connectivity index (χ1n) is 9.32. The number of benzene rings is 1. The summed E-state index contributed by atoms with van der Waals surface area (Å²) in [6.07, 6.45) is 0. The number of rotatable bonds is 9. The predicted molar refractivity (Wildman–Crippen MR) is 123 cm³/mol. The van der Waals surface area contributed by atoms with Gasteiger partial charge in [-0.1, -0.05) is 43.1 Å². The molecule has 0 bridgehead atoms. The molecule has 8 nitrogen and oxygen atoms in total. The second-order valence-corrected chi connectivity index (χ2v) is 9.04. The number of nitrogen functional groups attached to an aromatic ring is 1. The Kier molecular flexibility index (Phi) is 8.79. The molecule has 0 saturated heterocycles. The summed E-state index contributed by atoms with van der Waals surface area (Å²) in [4.78, 5) is 49.2. The van der Waals surface area contributed by atoms with Gasteiger partial charge in [0, 0.05) is 19.3 Å². The van der Waals surface area contributed by atoms with E-state index in [-0.39, 0.29) is 29.6 Å². The van der Waals surface area contributed by atoms with Crippen LogP contribution in [0.2, 0.25) is 10.0 Å². The van der Waals surface area contributed by atoms with Crippen molar-refractivity contribution in [2.75, 3.05) is 18.1 Å². The smallest absolute Gasteiger partial charge is 0.332 e. The number of thioether (sulfide) groups is 1. The van der Waals surface area contributed by atoms with Crippen LogP contribution >= 0.6 is 35.0 Å². The van der Waals surface area contributed by atoms with Crippen molar-refractivity contribution < 1.29 is 14.3 Å². The van der Waals surface area contributed by atoms with Gasteiger partial charge in [0.05, 0.1) is 15.8 Å². The fourth-order valence-electron chi connectivity index (χ4n) is 2.73. The molecular weight excluding hydrogens is 465 g/mol. The molecule has 0 aliphatic carbocycles. The van der Waals surface area contributed by atoms with Crippen molar-refractivity contribution in [1.82, 2.24) is 9.13 Å². The van der Waals surface area contributed by atoms with E-state index in [4.69, 9.17) is 33.7 Å². The number of hydrogen-bond donors (Lipinski definition) is 1. The molecule has 0 radical (unpaired) electrons. The van der Waals surface area contributed by atoms with Crippen LogP contribution in [0.5, 0.6) is 0 Å². The minimum Gasteiger partial charge on any atom is -0.457 e. The number of aromatic nitrogens is 2. The number of carbonyl (C=O) groups excluding carboxylic acids is 2. The summed E-state index contributed by atoms with van der Waals surface area (Å²) in [5.74, 6) is -1.06. The monoisotopic (exact) mass is 487 g/mol. The molecule has 2 N–H and O–H groups in total. The zero-order valence-corrected chi connectivity index (χ0v) is 19.6. The molecule has 0 amide bonds. The van der Waals surface area contributed by atoms with Crippen LogP contribution in [0.1, 0.15) is 29.8 Å². The summed E-state index contributed by atoms with van der Waals surface area (Å²) in [5, 5.41) is 0.865. The van der Waals surface area contributed by atoms with E-state index in [1.807, 2.05) is 13.8 Å². The average Bonchev–Trinajstić information content (AvgIpc) is 2.70. The van der Waals surface area contributed by atoms with E-state index >= 15 is 0 Å². The van der Waals surface area contributed by atoms with Gasteiger partial charge in [0.1, 0.15) is 11.4 Å². The van der Waals surface area contributed by atoms with E-state index in [9.17, 15) is 19.2 Å². The van der Waals surface area contributed by atoms with Gasteiger partial charge in [-0.25, -0.2) is 4.79 Å². The van der Waals surface area contributed by atoms with Gasteiger partial charge in [-0.2, -0.15) is 0 Å². The maximum absolute atomic E-state index is 12.5. The van der Waals surface area contributed by atoms with Crippen molar-refractivity contribution in [3.05, 3.63) is 60.2 Å². The lowest BCUT2D eigenvalue weighted by molar-refractivity contribution is -0.139. The Labute approximate surface area is 193 Å². The highest BCUT2D eigenvalue weighted by molar-refractivity contribution is 7.99. The summed E-state index contributed by atoms with van der Waals surface area (Å²) >= 11 is 13.1. The molecule has 31 heavy (non-hydrogen) atoms. The van der Waals surface area contributed by atoms with Crippen LogP contribution in [0.4, 0.5) is 5.82 Å². The molecule has 1 aromatic heterocycles. The quantitative estimate of drug-likeness (QED) is 0.427. The standard InChI is InChI=1S/C20H23Cl2N3O5S/c1-11(2)7-25-18(23)17(19(28)24(3)20(25)29)15(26)8-30-16(27)10-31-9-12-4-5-13(21)14(22)6-12/h4-6,11H,7-10,23H2,1-3H3. The maximum Gasteiger partial charge on any atom is 0.332 e. The van der Waals surface area contributed by atoms with Crippen molar-refractivity contribution in [2.24, 2.45) is 13.0 Å². The van der Waals surface area contributed by atoms with E-state index in [0.717, 1.165) is 10.1 Å².